The van der Waals surface area contributed by atoms with Crippen LogP contribution in [0, 0.1) is 13.8 Å². The van der Waals surface area contributed by atoms with Crippen LogP contribution < -0.4 is 0 Å². The number of carbonyl (C=O) groups is 2. The van der Waals surface area contributed by atoms with E-state index in [2.05, 4.69) is 10.2 Å². The molecule has 0 spiro atoms. The van der Waals surface area contributed by atoms with Gasteiger partial charge in [-0.15, -0.1) is 0 Å². The average molecular weight is 317 g/mol. The van der Waals surface area contributed by atoms with E-state index in [0.29, 0.717) is 18.6 Å². The summed E-state index contributed by atoms with van der Waals surface area (Å²) in [4.78, 5) is 26.3. The van der Waals surface area contributed by atoms with Crippen LogP contribution >= 0.6 is 0 Å². The molecule has 2 aliphatic heterocycles. The van der Waals surface area contributed by atoms with E-state index in [1.54, 1.807) is 7.05 Å². The summed E-state index contributed by atoms with van der Waals surface area (Å²) in [5.74, 6) is -0.0898. The highest BCUT2D eigenvalue weighted by molar-refractivity contribution is 6.39. The Bertz CT molecular complexity index is 691. The van der Waals surface area contributed by atoms with Crippen LogP contribution in [0.25, 0.3) is 0 Å². The molecule has 1 unspecified atom stereocenters. The fraction of sp³-hybridized carbons (Fsp3) is 0.625. The van der Waals surface area contributed by atoms with Crippen LogP contribution in [-0.2, 0) is 16.6 Å². The number of hydrazone groups is 1. The fourth-order valence-electron chi connectivity index (χ4n) is 3.57. The Morgan fingerprint density at radius 2 is 1.96 bits per heavy atom. The lowest BCUT2D eigenvalue weighted by molar-refractivity contribution is -0.130. The molecule has 0 aromatic carbocycles. The molecule has 1 atom stereocenters. The van der Waals surface area contributed by atoms with Gasteiger partial charge in [-0.25, -0.2) is 5.01 Å². The Morgan fingerprint density at radius 3 is 2.57 bits per heavy atom. The zero-order valence-electron chi connectivity index (χ0n) is 14.2. The molecule has 1 aromatic rings. The van der Waals surface area contributed by atoms with Crippen molar-refractivity contribution in [2.45, 2.75) is 45.6 Å². The van der Waals surface area contributed by atoms with E-state index >= 15 is 0 Å². The largest absolute Gasteiger partial charge is 0.330 e. The number of nitrogens with zero attached hydrogens (tertiary/aromatic N) is 5. The van der Waals surface area contributed by atoms with E-state index in [-0.39, 0.29) is 17.9 Å². The summed E-state index contributed by atoms with van der Waals surface area (Å²) in [6.45, 7) is 4.77. The third kappa shape index (κ3) is 2.64. The second kappa shape index (κ2) is 5.79. The molecule has 1 fully saturated rings. The maximum Gasteiger partial charge on any atom is 0.270 e. The van der Waals surface area contributed by atoms with Crippen molar-refractivity contribution >= 4 is 17.5 Å². The molecule has 0 bridgehead atoms. The number of carbonyl (C=O) groups excluding carboxylic acids is 2. The third-order valence-corrected chi connectivity index (χ3v) is 4.87. The lowest BCUT2D eigenvalue weighted by atomic mass is 10.0. The maximum absolute atomic E-state index is 12.9. The van der Waals surface area contributed by atoms with E-state index in [4.69, 9.17) is 0 Å². The highest BCUT2D eigenvalue weighted by Crippen LogP contribution is 2.35. The first-order valence-corrected chi connectivity index (χ1v) is 8.05. The number of likely N-dealkylation sites (tertiary alicyclic amines) is 1. The van der Waals surface area contributed by atoms with Crippen molar-refractivity contribution in [1.82, 2.24) is 19.7 Å². The topological polar surface area (TPSA) is 70.8 Å². The van der Waals surface area contributed by atoms with Crippen LogP contribution in [0.15, 0.2) is 5.10 Å². The normalized spacial score (nSPS) is 21.8. The molecule has 1 aromatic heterocycles. The summed E-state index contributed by atoms with van der Waals surface area (Å²) >= 11 is 0. The van der Waals surface area contributed by atoms with Crippen LogP contribution in [0.3, 0.4) is 0 Å². The first kappa shape index (κ1) is 15.7. The molecule has 0 radical (unpaired) electrons. The van der Waals surface area contributed by atoms with Gasteiger partial charge in [-0.2, -0.15) is 10.2 Å². The van der Waals surface area contributed by atoms with Gasteiger partial charge >= 0.3 is 0 Å². The van der Waals surface area contributed by atoms with Crippen LogP contribution in [0.2, 0.25) is 0 Å². The van der Waals surface area contributed by atoms with Crippen molar-refractivity contribution in [3.8, 4) is 0 Å². The highest BCUT2D eigenvalue weighted by Gasteiger charge is 2.36. The number of hydrogen-bond donors (Lipinski definition) is 0. The Labute approximate surface area is 135 Å². The van der Waals surface area contributed by atoms with Gasteiger partial charge < -0.3 is 4.90 Å². The SMILES string of the molecule is Cc1nn(C)c(C)c1C1CCCN1C(=O)C1=NN(C)C(=O)CC1. The molecule has 7 heteroatoms. The van der Waals surface area contributed by atoms with Gasteiger partial charge in [0.05, 0.1) is 11.7 Å². The summed E-state index contributed by atoms with van der Waals surface area (Å²) in [6.07, 6.45) is 2.70. The molecular formula is C16H23N5O2. The van der Waals surface area contributed by atoms with Crippen molar-refractivity contribution < 1.29 is 9.59 Å². The van der Waals surface area contributed by atoms with E-state index < -0.39 is 0 Å². The molecule has 7 nitrogen and oxygen atoms in total. The van der Waals surface area contributed by atoms with Gasteiger partial charge in [0.25, 0.3) is 5.91 Å². The van der Waals surface area contributed by atoms with Gasteiger partial charge in [0.15, 0.2) is 0 Å². The summed E-state index contributed by atoms with van der Waals surface area (Å²) in [7, 11) is 3.53. The second-order valence-corrected chi connectivity index (χ2v) is 6.33. The molecule has 124 valence electrons. The first-order valence-electron chi connectivity index (χ1n) is 8.05. The third-order valence-electron chi connectivity index (χ3n) is 4.87. The van der Waals surface area contributed by atoms with Crippen molar-refractivity contribution in [2.24, 2.45) is 12.1 Å². The maximum atomic E-state index is 12.9. The predicted molar refractivity (Wildman–Crippen MR) is 85.8 cm³/mol. The monoisotopic (exact) mass is 317 g/mol. The molecule has 3 rings (SSSR count). The molecule has 0 N–H and O–H groups in total. The average Bonchev–Trinajstić information content (AvgIpc) is 3.06. The molecular weight excluding hydrogens is 294 g/mol. The fourth-order valence-corrected chi connectivity index (χ4v) is 3.57. The molecule has 3 heterocycles. The molecule has 0 aliphatic carbocycles. The Kier molecular flexibility index (Phi) is 3.95. The number of amides is 2. The van der Waals surface area contributed by atoms with Gasteiger partial charge in [-0.05, 0) is 26.7 Å². The van der Waals surface area contributed by atoms with Crippen LogP contribution in [0.1, 0.15) is 48.7 Å². The minimum absolute atomic E-state index is 0.0431. The number of rotatable bonds is 2. The van der Waals surface area contributed by atoms with Gasteiger partial charge in [0, 0.05) is 44.7 Å². The van der Waals surface area contributed by atoms with Gasteiger partial charge in [-0.3, -0.25) is 14.3 Å². The Balaban J connectivity index is 1.89. The van der Waals surface area contributed by atoms with Gasteiger partial charge in [0.1, 0.15) is 5.71 Å². The second-order valence-electron chi connectivity index (χ2n) is 6.33. The van der Waals surface area contributed by atoms with E-state index in [0.717, 1.165) is 36.3 Å². The minimum atomic E-state index is -0.0468. The Hall–Kier alpha value is -2.18. The molecule has 2 amide bonds. The van der Waals surface area contributed by atoms with Crippen LogP contribution in [-0.4, -0.2) is 50.8 Å². The zero-order valence-corrected chi connectivity index (χ0v) is 14.2. The van der Waals surface area contributed by atoms with Crippen molar-refractivity contribution in [3.63, 3.8) is 0 Å². The summed E-state index contributed by atoms with van der Waals surface area (Å²) in [5, 5.41) is 9.93. The Morgan fingerprint density at radius 1 is 1.22 bits per heavy atom. The van der Waals surface area contributed by atoms with Crippen LogP contribution in [0.4, 0.5) is 0 Å². The molecule has 0 saturated carbocycles. The lowest BCUT2D eigenvalue weighted by Crippen LogP contribution is -2.40. The van der Waals surface area contributed by atoms with E-state index in [1.165, 1.54) is 5.01 Å². The minimum Gasteiger partial charge on any atom is -0.330 e. The van der Waals surface area contributed by atoms with Crippen molar-refractivity contribution in [3.05, 3.63) is 17.0 Å². The van der Waals surface area contributed by atoms with Gasteiger partial charge in [0.2, 0.25) is 5.91 Å². The standard InChI is InChI=1S/C16H23N5O2/c1-10-15(11(2)19(3)17-10)13-6-5-9-21(13)16(23)12-7-8-14(22)20(4)18-12/h13H,5-9H2,1-4H3. The van der Waals surface area contributed by atoms with Crippen molar-refractivity contribution in [1.29, 1.82) is 0 Å². The highest BCUT2D eigenvalue weighted by atomic mass is 16.2. The molecule has 23 heavy (non-hydrogen) atoms. The number of aromatic nitrogens is 2. The predicted octanol–water partition coefficient (Wildman–Crippen LogP) is 1.31. The first-order chi connectivity index (χ1) is 10.9. The summed E-state index contributed by atoms with van der Waals surface area (Å²) in [6, 6.07) is 0.0573. The lowest BCUT2D eigenvalue weighted by Gasteiger charge is -2.28. The van der Waals surface area contributed by atoms with Crippen molar-refractivity contribution in [2.75, 3.05) is 13.6 Å². The molecule has 1 saturated heterocycles. The molecule has 2 aliphatic rings. The summed E-state index contributed by atoms with van der Waals surface area (Å²) < 4.78 is 1.87. The van der Waals surface area contributed by atoms with E-state index in [1.807, 2.05) is 30.5 Å². The van der Waals surface area contributed by atoms with Gasteiger partial charge in [-0.1, -0.05) is 0 Å². The van der Waals surface area contributed by atoms with Crippen LogP contribution in [0.5, 0.6) is 0 Å². The number of hydrogen-bond acceptors (Lipinski definition) is 4. The zero-order chi connectivity index (χ0) is 16.7. The quantitative estimate of drug-likeness (QED) is 0.825. The summed E-state index contributed by atoms with van der Waals surface area (Å²) in [5.41, 5.74) is 3.72. The smallest absolute Gasteiger partial charge is 0.270 e. The van der Waals surface area contributed by atoms with E-state index in [9.17, 15) is 9.59 Å². The number of aryl methyl sites for hydroxylation is 2.